The number of aromatic nitrogens is 4. The SMILES string of the molecule is CC(C)(C)OC(=O)N1C[C@@H]2[C@H](C1)[C@@]2(C#N)c1ccc(-c2ccc(N3C[C@H](Cn4ccnn4)OC3=O)cc2)cn1. The number of nitrogens with zero attached hydrogens (tertiary/aromatic N) is 7. The molecule has 0 radical (unpaired) electrons. The summed E-state index contributed by atoms with van der Waals surface area (Å²) in [6.07, 6.45) is 4.08. The molecule has 0 N–H and O–H groups in total. The molecule has 11 nitrogen and oxygen atoms in total. The van der Waals surface area contributed by atoms with Gasteiger partial charge in [-0.2, -0.15) is 5.26 Å². The number of hydrogen-bond donors (Lipinski definition) is 0. The van der Waals surface area contributed by atoms with E-state index >= 15 is 0 Å². The Labute approximate surface area is 225 Å². The highest BCUT2D eigenvalue weighted by molar-refractivity contribution is 5.90. The van der Waals surface area contributed by atoms with Crippen LogP contribution < -0.4 is 4.90 Å². The molecule has 2 aliphatic heterocycles. The monoisotopic (exact) mass is 527 g/mol. The second kappa shape index (κ2) is 9.08. The van der Waals surface area contributed by atoms with Crippen LogP contribution in [0.25, 0.3) is 11.1 Å². The summed E-state index contributed by atoms with van der Waals surface area (Å²) in [5.74, 6) is 0.113. The number of cyclic esters (lactones) is 1. The van der Waals surface area contributed by atoms with E-state index in [4.69, 9.17) is 9.47 Å². The average Bonchev–Trinajstić information content (AvgIpc) is 3.41. The van der Waals surface area contributed by atoms with Crippen LogP contribution in [0.1, 0.15) is 26.5 Å². The van der Waals surface area contributed by atoms with Crippen LogP contribution in [0.15, 0.2) is 55.0 Å². The molecule has 200 valence electrons. The Morgan fingerprint density at radius 1 is 1.13 bits per heavy atom. The number of piperidine rings is 1. The van der Waals surface area contributed by atoms with E-state index in [1.807, 2.05) is 57.2 Å². The van der Waals surface area contributed by atoms with E-state index in [0.717, 1.165) is 22.5 Å². The van der Waals surface area contributed by atoms with Crippen molar-refractivity contribution < 1.29 is 19.1 Å². The van der Waals surface area contributed by atoms with E-state index in [1.54, 1.807) is 33.1 Å². The molecule has 0 spiro atoms. The van der Waals surface area contributed by atoms with Crippen LogP contribution in [0, 0.1) is 23.2 Å². The zero-order valence-electron chi connectivity index (χ0n) is 22.0. The molecule has 3 aliphatic rings. The van der Waals surface area contributed by atoms with Crippen molar-refractivity contribution in [3.63, 3.8) is 0 Å². The predicted octanol–water partition coefficient (Wildman–Crippen LogP) is 3.62. The van der Waals surface area contributed by atoms with E-state index in [-0.39, 0.29) is 30.1 Å². The summed E-state index contributed by atoms with van der Waals surface area (Å²) >= 11 is 0. The maximum atomic E-state index is 12.4. The van der Waals surface area contributed by atoms with Gasteiger partial charge in [-0.15, -0.1) is 5.10 Å². The molecule has 4 heterocycles. The highest BCUT2D eigenvalue weighted by atomic mass is 16.6. The molecule has 3 fully saturated rings. The number of likely N-dealkylation sites (tertiary alicyclic amines) is 1. The molecule has 6 rings (SSSR count). The summed E-state index contributed by atoms with van der Waals surface area (Å²) < 4.78 is 12.6. The lowest BCUT2D eigenvalue weighted by atomic mass is 9.95. The van der Waals surface area contributed by atoms with Gasteiger partial charge in [0.1, 0.15) is 17.1 Å². The predicted molar refractivity (Wildman–Crippen MR) is 139 cm³/mol. The average molecular weight is 528 g/mol. The minimum Gasteiger partial charge on any atom is -0.444 e. The lowest BCUT2D eigenvalue weighted by Crippen LogP contribution is -2.39. The number of carbonyl (C=O) groups excluding carboxylic acids is 2. The van der Waals surface area contributed by atoms with Crippen LogP contribution in [-0.4, -0.2) is 68.4 Å². The van der Waals surface area contributed by atoms with Gasteiger partial charge in [0.25, 0.3) is 0 Å². The van der Waals surface area contributed by atoms with E-state index in [2.05, 4.69) is 21.4 Å². The third-order valence-electron chi connectivity index (χ3n) is 7.65. The molecule has 1 aromatic carbocycles. The third kappa shape index (κ3) is 4.46. The lowest BCUT2D eigenvalue weighted by molar-refractivity contribution is 0.0265. The van der Waals surface area contributed by atoms with Crippen LogP contribution >= 0.6 is 0 Å². The fourth-order valence-electron chi connectivity index (χ4n) is 5.72. The molecular weight excluding hydrogens is 498 g/mol. The highest BCUT2D eigenvalue weighted by Gasteiger charge is 2.71. The first kappa shape index (κ1) is 24.9. The number of hydrogen-bond acceptors (Lipinski definition) is 8. The zero-order valence-corrected chi connectivity index (χ0v) is 22.0. The first-order chi connectivity index (χ1) is 18.7. The van der Waals surface area contributed by atoms with Gasteiger partial charge in [0.15, 0.2) is 0 Å². The molecular formula is C28H29N7O4. The summed E-state index contributed by atoms with van der Waals surface area (Å²) in [6.45, 7) is 7.41. The Hall–Kier alpha value is -4.46. The van der Waals surface area contributed by atoms with Gasteiger partial charge in [-0.3, -0.25) is 9.88 Å². The van der Waals surface area contributed by atoms with Crippen molar-refractivity contribution >= 4 is 17.9 Å². The topological polar surface area (TPSA) is 126 Å². The lowest BCUT2D eigenvalue weighted by Gasteiger charge is -2.27. The van der Waals surface area contributed by atoms with Crippen molar-refractivity contribution in [3.8, 4) is 17.2 Å². The van der Waals surface area contributed by atoms with Crippen molar-refractivity contribution in [3.05, 3.63) is 60.7 Å². The molecule has 2 amide bonds. The van der Waals surface area contributed by atoms with Crippen molar-refractivity contribution in [2.24, 2.45) is 11.8 Å². The van der Waals surface area contributed by atoms with Crippen LogP contribution in [0.4, 0.5) is 15.3 Å². The van der Waals surface area contributed by atoms with Gasteiger partial charge in [-0.25, -0.2) is 14.3 Å². The number of ether oxygens (including phenoxy) is 2. The Morgan fingerprint density at radius 2 is 1.85 bits per heavy atom. The van der Waals surface area contributed by atoms with E-state index in [1.165, 1.54) is 0 Å². The Bertz CT molecular complexity index is 1410. The second-order valence-corrected chi connectivity index (χ2v) is 11.3. The van der Waals surface area contributed by atoms with E-state index in [0.29, 0.717) is 26.2 Å². The normalized spacial score (nSPS) is 25.7. The Kier molecular flexibility index (Phi) is 5.79. The molecule has 4 atom stereocenters. The standard InChI is InChI=1S/C28H29N7O4/c1-27(2,3)39-25(36)33-15-22-23(16-33)28(22,17-29)24-9-6-19(12-30-24)18-4-7-20(8-5-18)35-14-21(38-26(35)37)13-34-11-10-31-32-34/h4-12,21-23H,13-16H2,1-3H3/t21-,22-,23+,28+/m0/s1. The Balaban J connectivity index is 1.10. The van der Waals surface area contributed by atoms with Crippen molar-refractivity contribution in [2.45, 2.75) is 44.4 Å². The fraction of sp³-hybridized carbons (Fsp3) is 0.429. The van der Waals surface area contributed by atoms with Gasteiger partial charge in [-0.1, -0.05) is 23.4 Å². The number of carbonyl (C=O) groups is 2. The second-order valence-electron chi connectivity index (χ2n) is 11.3. The number of anilines is 1. The minimum absolute atomic E-state index is 0.0567. The summed E-state index contributed by atoms with van der Waals surface area (Å²) in [4.78, 5) is 32.8. The number of amides is 2. The first-order valence-electron chi connectivity index (χ1n) is 13.0. The number of rotatable bonds is 5. The van der Waals surface area contributed by atoms with Crippen molar-refractivity contribution in [1.82, 2.24) is 24.9 Å². The highest BCUT2D eigenvalue weighted by Crippen LogP contribution is 2.62. The number of nitriles is 1. The molecule has 11 heteroatoms. The van der Waals surface area contributed by atoms with Crippen LogP contribution in [0.2, 0.25) is 0 Å². The molecule has 0 bridgehead atoms. The first-order valence-corrected chi connectivity index (χ1v) is 13.0. The van der Waals surface area contributed by atoms with Crippen LogP contribution in [0.3, 0.4) is 0 Å². The maximum Gasteiger partial charge on any atom is 0.414 e. The van der Waals surface area contributed by atoms with E-state index in [9.17, 15) is 14.9 Å². The van der Waals surface area contributed by atoms with Gasteiger partial charge < -0.3 is 14.4 Å². The van der Waals surface area contributed by atoms with E-state index < -0.39 is 11.0 Å². The number of pyridine rings is 1. The van der Waals surface area contributed by atoms with Crippen LogP contribution in [-0.2, 0) is 21.4 Å². The Morgan fingerprint density at radius 3 is 2.44 bits per heavy atom. The van der Waals surface area contributed by atoms with Crippen molar-refractivity contribution in [2.75, 3.05) is 24.5 Å². The number of benzene rings is 1. The zero-order chi connectivity index (χ0) is 27.4. The summed E-state index contributed by atoms with van der Waals surface area (Å²) in [5, 5.41) is 17.8. The minimum atomic E-state index is -0.667. The van der Waals surface area contributed by atoms with Gasteiger partial charge in [0.2, 0.25) is 0 Å². The number of fused-ring (bicyclic) bond motifs is 1. The largest absolute Gasteiger partial charge is 0.444 e. The van der Waals surface area contributed by atoms with Gasteiger partial charge in [0.05, 0.1) is 31.0 Å². The molecule has 1 saturated carbocycles. The summed E-state index contributed by atoms with van der Waals surface area (Å²) in [7, 11) is 0. The summed E-state index contributed by atoms with van der Waals surface area (Å²) in [6, 6.07) is 14.0. The van der Waals surface area contributed by atoms with Crippen LogP contribution in [0.5, 0.6) is 0 Å². The quantitative estimate of drug-likeness (QED) is 0.492. The molecule has 0 unspecified atom stereocenters. The molecule has 2 aromatic heterocycles. The van der Waals surface area contributed by atoms with Gasteiger partial charge >= 0.3 is 12.2 Å². The molecule has 2 saturated heterocycles. The summed E-state index contributed by atoms with van der Waals surface area (Å²) in [5.41, 5.74) is 2.13. The smallest absolute Gasteiger partial charge is 0.414 e. The molecule has 39 heavy (non-hydrogen) atoms. The molecule has 1 aliphatic carbocycles. The maximum absolute atomic E-state index is 12.4. The van der Waals surface area contributed by atoms with Gasteiger partial charge in [0, 0.05) is 48.6 Å². The fourth-order valence-corrected chi connectivity index (χ4v) is 5.72. The molecule has 3 aromatic rings. The van der Waals surface area contributed by atoms with Crippen molar-refractivity contribution in [1.29, 1.82) is 5.26 Å². The third-order valence-corrected chi connectivity index (χ3v) is 7.65. The van der Waals surface area contributed by atoms with Gasteiger partial charge in [-0.05, 0) is 44.5 Å².